The highest BCUT2D eigenvalue weighted by atomic mass is 15.0. The van der Waals surface area contributed by atoms with Crippen LogP contribution in [0.25, 0.3) is 0 Å². The number of aromatic nitrogens is 2. The van der Waals surface area contributed by atoms with Crippen LogP contribution in [0.15, 0.2) is 24.3 Å². The fraction of sp³-hybridized carbons (Fsp3) is 0.444. The Balaban J connectivity index is 1.68. The summed E-state index contributed by atoms with van der Waals surface area (Å²) >= 11 is 0. The van der Waals surface area contributed by atoms with Gasteiger partial charge in [-0.05, 0) is 49.7 Å². The molecule has 3 heteroatoms. The molecule has 0 fully saturated rings. The first kappa shape index (κ1) is 12.8. The molecule has 1 heterocycles. The van der Waals surface area contributed by atoms with Crippen molar-refractivity contribution in [3.8, 4) is 0 Å². The van der Waals surface area contributed by atoms with Crippen LogP contribution >= 0.6 is 0 Å². The van der Waals surface area contributed by atoms with Crippen LogP contribution < -0.4 is 5.73 Å². The average Bonchev–Trinajstić information content (AvgIpc) is 2.78. The molecule has 0 atom stereocenters. The third-order valence-corrected chi connectivity index (χ3v) is 4.90. The van der Waals surface area contributed by atoms with Gasteiger partial charge < -0.3 is 5.73 Å². The number of nitrogens with zero attached hydrogens (tertiary/aromatic N) is 2. The molecule has 21 heavy (non-hydrogen) atoms. The maximum atomic E-state index is 6.23. The number of nitrogens with two attached hydrogens (primary N) is 1. The van der Waals surface area contributed by atoms with Gasteiger partial charge in [0.1, 0.15) is 11.6 Å². The zero-order chi connectivity index (χ0) is 14.2. The highest BCUT2D eigenvalue weighted by molar-refractivity contribution is 5.44. The Morgan fingerprint density at radius 3 is 2.38 bits per heavy atom. The molecule has 2 N–H and O–H groups in total. The number of aryl methyl sites for hydroxylation is 1. The van der Waals surface area contributed by atoms with Crippen LogP contribution in [0.1, 0.15) is 53.4 Å². The van der Waals surface area contributed by atoms with Crippen molar-refractivity contribution in [1.29, 1.82) is 0 Å². The van der Waals surface area contributed by atoms with E-state index < -0.39 is 0 Å². The zero-order valence-corrected chi connectivity index (χ0v) is 12.3. The Labute approximate surface area is 125 Å². The molecule has 0 saturated heterocycles. The van der Waals surface area contributed by atoms with Crippen LogP contribution in [0.2, 0.25) is 0 Å². The fourth-order valence-electron chi connectivity index (χ4n) is 3.74. The largest absolute Gasteiger partial charge is 0.383 e. The normalized spacial score (nSPS) is 18.1. The smallest absolute Gasteiger partial charge is 0.134 e. The molecule has 4 rings (SSSR count). The van der Waals surface area contributed by atoms with Crippen LogP contribution in [0.4, 0.5) is 5.82 Å². The van der Waals surface area contributed by atoms with Crippen LogP contribution in [0, 0.1) is 0 Å². The van der Waals surface area contributed by atoms with Crippen molar-refractivity contribution in [2.24, 2.45) is 0 Å². The molecule has 0 aliphatic heterocycles. The molecule has 2 aromatic rings. The van der Waals surface area contributed by atoms with E-state index >= 15 is 0 Å². The summed E-state index contributed by atoms with van der Waals surface area (Å²) in [4.78, 5) is 9.57. The van der Waals surface area contributed by atoms with Crippen LogP contribution in [-0.2, 0) is 25.7 Å². The molecule has 0 bridgehead atoms. The minimum absolute atomic E-state index is 0.401. The lowest BCUT2D eigenvalue weighted by Crippen LogP contribution is -2.12. The molecule has 0 amide bonds. The summed E-state index contributed by atoms with van der Waals surface area (Å²) in [7, 11) is 0. The van der Waals surface area contributed by atoms with Crippen LogP contribution in [0.3, 0.4) is 0 Å². The summed E-state index contributed by atoms with van der Waals surface area (Å²) in [5, 5.41) is 0. The van der Waals surface area contributed by atoms with Crippen LogP contribution in [0.5, 0.6) is 0 Å². The summed E-state index contributed by atoms with van der Waals surface area (Å²) in [6.07, 6.45) is 7.94. The quantitative estimate of drug-likeness (QED) is 0.815. The Bertz CT molecular complexity index is 653. The van der Waals surface area contributed by atoms with E-state index in [-0.39, 0.29) is 0 Å². The van der Waals surface area contributed by atoms with Gasteiger partial charge in [-0.3, -0.25) is 0 Å². The Hall–Kier alpha value is -1.90. The summed E-state index contributed by atoms with van der Waals surface area (Å²) in [5.41, 5.74) is 11.5. The first-order chi connectivity index (χ1) is 10.3. The van der Waals surface area contributed by atoms with Gasteiger partial charge in [0.15, 0.2) is 0 Å². The molecule has 2 aliphatic rings. The van der Waals surface area contributed by atoms with Crippen molar-refractivity contribution in [3.05, 3.63) is 52.5 Å². The molecule has 1 aromatic carbocycles. The summed E-state index contributed by atoms with van der Waals surface area (Å²) in [5.74, 6) is 2.09. The standard InChI is InChI=1S/C18H21N3/c19-17-15-8-2-1-3-9-16(15)20-18(21-17)14-10-12-6-4-5-7-13(12)11-14/h4-7,14H,1-3,8-11H2,(H2,19,20,21). The number of nitrogen functional groups attached to an aromatic ring is 1. The Morgan fingerprint density at radius 1 is 0.905 bits per heavy atom. The van der Waals surface area contributed by atoms with Crippen LogP contribution in [-0.4, -0.2) is 9.97 Å². The monoisotopic (exact) mass is 279 g/mol. The van der Waals surface area contributed by atoms with E-state index in [4.69, 9.17) is 10.7 Å². The van der Waals surface area contributed by atoms with E-state index in [2.05, 4.69) is 29.2 Å². The molecular weight excluding hydrogens is 258 g/mol. The number of rotatable bonds is 1. The van der Waals surface area contributed by atoms with Gasteiger partial charge in [0.25, 0.3) is 0 Å². The molecular formula is C18H21N3. The molecule has 108 valence electrons. The van der Waals surface area contributed by atoms with Gasteiger partial charge in [-0.2, -0.15) is 0 Å². The average molecular weight is 279 g/mol. The summed E-state index contributed by atoms with van der Waals surface area (Å²) in [6.45, 7) is 0. The molecule has 0 radical (unpaired) electrons. The molecule has 0 saturated carbocycles. The van der Waals surface area contributed by atoms with Gasteiger partial charge in [-0.25, -0.2) is 9.97 Å². The minimum Gasteiger partial charge on any atom is -0.383 e. The number of benzene rings is 1. The van der Waals surface area contributed by atoms with E-state index in [0.717, 1.165) is 37.3 Å². The number of anilines is 1. The van der Waals surface area contributed by atoms with E-state index in [1.54, 1.807) is 0 Å². The topological polar surface area (TPSA) is 51.8 Å². The molecule has 1 aromatic heterocycles. The molecule has 0 spiro atoms. The fourth-order valence-corrected chi connectivity index (χ4v) is 3.74. The van der Waals surface area contributed by atoms with E-state index in [0.29, 0.717) is 5.92 Å². The van der Waals surface area contributed by atoms with E-state index in [1.807, 2.05) is 0 Å². The predicted molar refractivity (Wildman–Crippen MR) is 84.3 cm³/mol. The highest BCUT2D eigenvalue weighted by Crippen LogP contribution is 2.34. The van der Waals surface area contributed by atoms with Gasteiger partial charge >= 0.3 is 0 Å². The zero-order valence-electron chi connectivity index (χ0n) is 12.3. The van der Waals surface area contributed by atoms with Crippen molar-refractivity contribution in [1.82, 2.24) is 9.97 Å². The van der Waals surface area contributed by atoms with Gasteiger partial charge in [0.05, 0.1) is 0 Å². The second kappa shape index (κ2) is 5.14. The van der Waals surface area contributed by atoms with Gasteiger partial charge in [0.2, 0.25) is 0 Å². The molecule has 0 unspecified atom stereocenters. The van der Waals surface area contributed by atoms with Gasteiger partial charge in [0, 0.05) is 17.2 Å². The lowest BCUT2D eigenvalue weighted by Gasteiger charge is -2.14. The first-order valence-electron chi connectivity index (χ1n) is 8.03. The van der Waals surface area contributed by atoms with E-state index in [1.165, 1.54) is 41.6 Å². The van der Waals surface area contributed by atoms with Crippen molar-refractivity contribution in [3.63, 3.8) is 0 Å². The maximum absolute atomic E-state index is 6.23. The molecule has 2 aliphatic carbocycles. The Kier molecular flexibility index (Phi) is 3.13. The first-order valence-corrected chi connectivity index (χ1v) is 8.03. The van der Waals surface area contributed by atoms with Crippen molar-refractivity contribution < 1.29 is 0 Å². The highest BCUT2D eigenvalue weighted by Gasteiger charge is 2.26. The Morgan fingerprint density at radius 2 is 1.62 bits per heavy atom. The lowest BCUT2D eigenvalue weighted by atomic mass is 10.0. The minimum atomic E-state index is 0.401. The second-order valence-corrected chi connectivity index (χ2v) is 6.33. The number of hydrogen-bond acceptors (Lipinski definition) is 3. The van der Waals surface area contributed by atoms with Crippen molar-refractivity contribution in [2.45, 2.75) is 50.9 Å². The third-order valence-electron chi connectivity index (χ3n) is 4.90. The summed E-state index contributed by atoms with van der Waals surface area (Å²) < 4.78 is 0. The lowest BCUT2D eigenvalue weighted by molar-refractivity contribution is 0.669. The number of fused-ring (bicyclic) bond motifs is 2. The van der Waals surface area contributed by atoms with E-state index in [9.17, 15) is 0 Å². The summed E-state index contributed by atoms with van der Waals surface area (Å²) in [6, 6.07) is 8.69. The van der Waals surface area contributed by atoms with Gasteiger partial charge in [-0.15, -0.1) is 0 Å². The number of hydrogen-bond donors (Lipinski definition) is 1. The SMILES string of the molecule is Nc1nc(C2Cc3ccccc3C2)nc2c1CCCCC2. The molecule has 3 nitrogen and oxygen atoms in total. The maximum Gasteiger partial charge on any atom is 0.134 e. The van der Waals surface area contributed by atoms with Crippen molar-refractivity contribution >= 4 is 5.82 Å². The predicted octanol–water partition coefficient (Wildman–Crippen LogP) is 3.21. The van der Waals surface area contributed by atoms with Gasteiger partial charge in [-0.1, -0.05) is 30.7 Å². The third kappa shape index (κ3) is 2.31. The second-order valence-electron chi connectivity index (χ2n) is 6.33. The van der Waals surface area contributed by atoms with Crippen molar-refractivity contribution in [2.75, 3.05) is 5.73 Å².